The molecule has 0 aromatic heterocycles. The molecule has 2 heterocycles. The number of nitrogens with two attached hydrogens (primary N) is 1. The van der Waals surface area contributed by atoms with E-state index in [2.05, 4.69) is 17.9 Å². The summed E-state index contributed by atoms with van der Waals surface area (Å²) >= 11 is 0. The Morgan fingerprint density at radius 1 is 1.35 bits per heavy atom. The molecule has 0 bridgehead atoms. The third kappa shape index (κ3) is 2.43. The van der Waals surface area contributed by atoms with Gasteiger partial charge >= 0.3 is 0 Å². The van der Waals surface area contributed by atoms with E-state index in [1.807, 2.05) is 18.2 Å². The third-order valence-corrected chi connectivity index (χ3v) is 4.79. The quantitative estimate of drug-likeness (QED) is 0.895. The van der Waals surface area contributed by atoms with Crippen molar-refractivity contribution < 1.29 is 9.47 Å². The summed E-state index contributed by atoms with van der Waals surface area (Å²) in [6.45, 7) is 4.95. The molecule has 4 heteroatoms. The topological polar surface area (TPSA) is 47.7 Å². The minimum Gasteiger partial charge on any atom is -0.492 e. The van der Waals surface area contributed by atoms with Gasteiger partial charge in [0.05, 0.1) is 18.2 Å². The van der Waals surface area contributed by atoms with Crippen molar-refractivity contribution in [3.63, 3.8) is 0 Å². The monoisotopic (exact) mass is 276 g/mol. The lowest BCUT2D eigenvalue weighted by Gasteiger charge is -2.44. The average Bonchev–Trinajstić information content (AvgIpc) is 2.49. The maximum absolute atomic E-state index is 6.48. The molecular formula is C16H24N2O2. The SMILES string of the molecule is COC1CN(C2COc3ccccc3C2N)CCC1C. The fourth-order valence-corrected chi connectivity index (χ4v) is 3.37. The second-order valence-electron chi connectivity index (χ2n) is 5.98. The van der Waals surface area contributed by atoms with Crippen LogP contribution in [0.2, 0.25) is 0 Å². The minimum atomic E-state index is 0.0193. The van der Waals surface area contributed by atoms with Crippen molar-refractivity contribution in [3.05, 3.63) is 29.8 Å². The van der Waals surface area contributed by atoms with E-state index in [0.29, 0.717) is 18.6 Å². The Morgan fingerprint density at radius 2 is 2.15 bits per heavy atom. The number of methoxy groups -OCH3 is 1. The lowest BCUT2D eigenvalue weighted by atomic mass is 9.90. The molecule has 20 heavy (non-hydrogen) atoms. The lowest BCUT2D eigenvalue weighted by Crippen LogP contribution is -2.55. The summed E-state index contributed by atoms with van der Waals surface area (Å²) in [5, 5.41) is 0. The molecule has 0 saturated carbocycles. The van der Waals surface area contributed by atoms with Crippen molar-refractivity contribution in [3.8, 4) is 5.75 Å². The molecule has 1 aromatic carbocycles. The zero-order chi connectivity index (χ0) is 14.1. The zero-order valence-corrected chi connectivity index (χ0v) is 12.3. The number of para-hydroxylation sites is 1. The normalized spacial score (nSPS) is 34.4. The molecule has 2 aliphatic rings. The summed E-state index contributed by atoms with van der Waals surface area (Å²) in [6, 6.07) is 8.37. The van der Waals surface area contributed by atoms with E-state index >= 15 is 0 Å². The molecule has 110 valence electrons. The van der Waals surface area contributed by atoms with Gasteiger partial charge in [-0.05, 0) is 24.9 Å². The summed E-state index contributed by atoms with van der Waals surface area (Å²) < 4.78 is 11.5. The number of rotatable bonds is 2. The Hall–Kier alpha value is -1.10. The van der Waals surface area contributed by atoms with Gasteiger partial charge in [0.2, 0.25) is 0 Å². The Balaban J connectivity index is 1.76. The van der Waals surface area contributed by atoms with Crippen molar-refractivity contribution in [2.24, 2.45) is 11.7 Å². The second kappa shape index (κ2) is 5.72. The van der Waals surface area contributed by atoms with Gasteiger partial charge in [0.1, 0.15) is 12.4 Å². The van der Waals surface area contributed by atoms with Crippen LogP contribution in [0.5, 0.6) is 5.75 Å². The summed E-state index contributed by atoms with van der Waals surface area (Å²) in [5.41, 5.74) is 7.60. The Kier molecular flexibility index (Phi) is 3.96. The molecule has 2 N–H and O–H groups in total. The summed E-state index contributed by atoms with van der Waals surface area (Å²) in [6.07, 6.45) is 1.46. The first-order valence-corrected chi connectivity index (χ1v) is 7.45. The van der Waals surface area contributed by atoms with Crippen LogP contribution in [-0.4, -0.2) is 43.9 Å². The highest BCUT2D eigenvalue weighted by Crippen LogP contribution is 2.34. The molecule has 4 nitrogen and oxygen atoms in total. The van der Waals surface area contributed by atoms with E-state index in [9.17, 15) is 0 Å². The number of likely N-dealkylation sites (tertiary alicyclic amines) is 1. The van der Waals surface area contributed by atoms with Crippen LogP contribution in [0.4, 0.5) is 0 Å². The van der Waals surface area contributed by atoms with Gasteiger partial charge in [0.15, 0.2) is 0 Å². The van der Waals surface area contributed by atoms with Crippen LogP contribution in [0.3, 0.4) is 0 Å². The number of nitrogens with zero attached hydrogens (tertiary/aromatic N) is 1. The molecular weight excluding hydrogens is 252 g/mol. The highest BCUT2D eigenvalue weighted by molar-refractivity contribution is 5.38. The highest BCUT2D eigenvalue weighted by atomic mass is 16.5. The maximum Gasteiger partial charge on any atom is 0.124 e. The highest BCUT2D eigenvalue weighted by Gasteiger charge is 2.36. The molecule has 0 aliphatic carbocycles. The Bertz CT molecular complexity index is 466. The van der Waals surface area contributed by atoms with Crippen LogP contribution in [-0.2, 0) is 4.74 Å². The third-order valence-electron chi connectivity index (χ3n) is 4.79. The predicted molar refractivity (Wildman–Crippen MR) is 78.8 cm³/mol. The van der Waals surface area contributed by atoms with Gasteiger partial charge in [0, 0.05) is 19.2 Å². The summed E-state index contributed by atoms with van der Waals surface area (Å²) in [4.78, 5) is 2.44. The fraction of sp³-hybridized carbons (Fsp3) is 0.625. The summed E-state index contributed by atoms with van der Waals surface area (Å²) in [5.74, 6) is 1.55. The van der Waals surface area contributed by atoms with Gasteiger partial charge in [0.25, 0.3) is 0 Å². The van der Waals surface area contributed by atoms with Gasteiger partial charge in [-0.1, -0.05) is 25.1 Å². The van der Waals surface area contributed by atoms with Gasteiger partial charge in [-0.25, -0.2) is 0 Å². The average molecular weight is 276 g/mol. The number of fused-ring (bicyclic) bond motifs is 1. The van der Waals surface area contributed by atoms with Crippen LogP contribution in [0, 0.1) is 5.92 Å². The molecule has 0 radical (unpaired) electrons. The lowest BCUT2D eigenvalue weighted by molar-refractivity contribution is -0.0328. The molecule has 1 aromatic rings. The standard InChI is InChI=1S/C16H24N2O2/c1-11-7-8-18(9-15(11)19-2)13-10-20-14-6-4-3-5-12(14)16(13)17/h3-6,11,13,15-16H,7-10,17H2,1-2H3. The van der Waals surface area contributed by atoms with Gasteiger partial charge < -0.3 is 15.2 Å². The van der Waals surface area contributed by atoms with Gasteiger partial charge in [-0.15, -0.1) is 0 Å². The smallest absolute Gasteiger partial charge is 0.124 e. The second-order valence-corrected chi connectivity index (χ2v) is 5.98. The van der Waals surface area contributed by atoms with Crippen LogP contribution in [0.15, 0.2) is 24.3 Å². The molecule has 4 atom stereocenters. The van der Waals surface area contributed by atoms with Crippen LogP contribution < -0.4 is 10.5 Å². The first kappa shape index (κ1) is 13.9. The summed E-state index contributed by atoms with van der Waals surface area (Å²) in [7, 11) is 1.80. The van der Waals surface area contributed by atoms with Crippen molar-refractivity contribution in [1.29, 1.82) is 0 Å². The molecule has 1 saturated heterocycles. The predicted octanol–water partition coefficient (Wildman–Crippen LogP) is 1.80. The minimum absolute atomic E-state index is 0.0193. The van der Waals surface area contributed by atoms with Crippen molar-refractivity contribution in [2.45, 2.75) is 31.5 Å². The van der Waals surface area contributed by atoms with Crippen LogP contribution in [0.25, 0.3) is 0 Å². The van der Waals surface area contributed by atoms with Crippen LogP contribution >= 0.6 is 0 Å². The van der Waals surface area contributed by atoms with Crippen molar-refractivity contribution in [1.82, 2.24) is 4.90 Å². The molecule has 3 rings (SSSR count). The number of hydrogen-bond donors (Lipinski definition) is 1. The van der Waals surface area contributed by atoms with E-state index < -0.39 is 0 Å². The largest absolute Gasteiger partial charge is 0.492 e. The molecule has 4 unspecified atom stereocenters. The van der Waals surface area contributed by atoms with E-state index in [0.717, 1.165) is 30.8 Å². The van der Waals surface area contributed by atoms with Crippen LogP contribution in [0.1, 0.15) is 24.9 Å². The number of ether oxygens (including phenoxy) is 2. The molecule has 1 fully saturated rings. The van der Waals surface area contributed by atoms with Crippen molar-refractivity contribution >= 4 is 0 Å². The Morgan fingerprint density at radius 3 is 2.95 bits per heavy atom. The van der Waals surface area contributed by atoms with Gasteiger partial charge in [-0.3, -0.25) is 4.90 Å². The van der Waals surface area contributed by atoms with Gasteiger partial charge in [-0.2, -0.15) is 0 Å². The Labute approximate surface area is 120 Å². The molecule has 0 amide bonds. The first-order valence-electron chi connectivity index (χ1n) is 7.45. The fourth-order valence-electron chi connectivity index (χ4n) is 3.37. The molecule has 2 aliphatic heterocycles. The van der Waals surface area contributed by atoms with E-state index in [-0.39, 0.29) is 12.1 Å². The van der Waals surface area contributed by atoms with E-state index in [4.69, 9.17) is 15.2 Å². The molecule has 0 spiro atoms. The number of hydrogen-bond acceptors (Lipinski definition) is 4. The first-order chi connectivity index (χ1) is 9.70. The van der Waals surface area contributed by atoms with Crippen molar-refractivity contribution in [2.75, 3.05) is 26.8 Å². The number of benzene rings is 1. The zero-order valence-electron chi connectivity index (χ0n) is 12.3. The maximum atomic E-state index is 6.48. The number of piperidine rings is 1. The van der Waals surface area contributed by atoms with E-state index in [1.165, 1.54) is 0 Å². The van der Waals surface area contributed by atoms with E-state index in [1.54, 1.807) is 7.11 Å².